The minimum Gasteiger partial charge on any atom is -0.193 e. The second-order valence-corrected chi connectivity index (χ2v) is 7.33. The molecule has 1 N–H and O–H groups in total. The Hall–Kier alpha value is -3.57. The van der Waals surface area contributed by atoms with E-state index in [0.717, 1.165) is 11.1 Å². The highest BCUT2D eigenvalue weighted by atomic mass is 16.2. The number of benzene rings is 4. The third kappa shape index (κ3) is 2.96. The molecular formula is C24H21N4O+. The first-order valence-corrected chi connectivity index (χ1v) is 9.61. The summed E-state index contributed by atoms with van der Waals surface area (Å²) in [7, 11) is 3.38. The van der Waals surface area contributed by atoms with Crippen LogP contribution in [0.25, 0.3) is 32.7 Å². The van der Waals surface area contributed by atoms with Crippen molar-refractivity contribution in [2.45, 2.75) is 6.17 Å². The molecule has 142 valence electrons. The van der Waals surface area contributed by atoms with Gasteiger partial charge in [0, 0.05) is 0 Å². The number of hydrazine groups is 1. The number of hydrogen-bond donors (Lipinski definition) is 1. The summed E-state index contributed by atoms with van der Waals surface area (Å²) in [4.78, 5) is 11.9. The third-order valence-corrected chi connectivity index (χ3v) is 5.45. The van der Waals surface area contributed by atoms with Crippen LogP contribution in [0.4, 0.5) is 4.79 Å². The van der Waals surface area contributed by atoms with Crippen LogP contribution in [-0.4, -0.2) is 29.8 Å². The summed E-state index contributed by atoms with van der Waals surface area (Å²) in [6.07, 6.45) is -0.291. The summed E-state index contributed by atoms with van der Waals surface area (Å²) in [6, 6.07) is 27.5. The van der Waals surface area contributed by atoms with Crippen LogP contribution in [0.3, 0.4) is 0 Å². The van der Waals surface area contributed by atoms with E-state index in [-0.39, 0.29) is 12.2 Å². The fraction of sp³-hybridized carbons (Fsp3) is 0.125. The van der Waals surface area contributed by atoms with Crippen molar-refractivity contribution in [1.29, 1.82) is 0 Å². The molecular weight excluding hydrogens is 360 g/mol. The van der Waals surface area contributed by atoms with Crippen molar-refractivity contribution in [3.05, 3.63) is 84.4 Å². The molecule has 0 fully saturated rings. The van der Waals surface area contributed by atoms with Crippen LogP contribution < -0.4 is 5.43 Å². The van der Waals surface area contributed by atoms with Gasteiger partial charge in [-0.3, -0.25) is 0 Å². The van der Waals surface area contributed by atoms with Crippen molar-refractivity contribution in [3.8, 4) is 11.1 Å². The quantitative estimate of drug-likeness (QED) is 0.377. The molecule has 0 saturated heterocycles. The van der Waals surface area contributed by atoms with Crippen molar-refractivity contribution >= 4 is 27.6 Å². The predicted molar refractivity (Wildman–Crippen MR) is 115 cm³/mol. The molecule has 1 unspecified atom stereocenters. The molecule has 5 nitrogen and oxygen atoms in total. The van der Waals surface area contributed by atoms with E-state index in [1.807, 2.05) is 0 Å². The van der Waals surface area contributed by atoms with E-state index >= 15 is 0 Å². The van der Waals surface area contributed by atoms with E-state index in [2.05, 4.69) is 89.4 Å². The second kappa shape index (κ2) is 6.79. The first kappa shape index (κ1) is 17.5. The van der Waals surface area contributed by atoms with Crippen molar-refractivity contribution < 1.29 is 9.49 Å². The van der Waals surface area contributed by atoms with E-state index in [0.29, 0.717) is 0 Å². The van der Waals surface area contributed by atoms with Gasteiger partial charge in [0.25, 0.3) is 0 Å². The maximum absolute atomic E-state index is 11.9. The minimum absolute atomic E-state index is 0.180. The second-order valence-electron chi connectivity index (χ2n) is 7.33. The maximum atomic E-state index is 11.9. The minimum atomic E-state index is -0.291. The van der Waals surface area contributed by atoms with Gasteiger partial charge in [-0.25, -0.2) is 0 Å². The number of amides is 2. The van der Waals surface area contributed by atoms with Crippen molar-refractivity contribution in [1.82, 2.24) is 10.4 Å². The third-order valence-electron chi connectivity index (χ3n) is 5.45. The van der Waals surface area contributed by atoms with Gasteiger partial charge in [0.15, 0.2) is 0 Å². The number of carbonyl (C=O) groups excluding carboxylic acids is 1. The van der Waals surface area contributed by atoms with Crippen molar-refractivity contribution in [3.63, 3.8) is 0 Å². The number of urea groups is 1. The summed E-state index contributed by atoms with van der Waals surface area (Å²) >= 11 is 0. The molecule has 1 aliphatic rings. The molecule has 4 aromatic carbocycles. The molecule has 2 amide bonds. The van der Waals surface area contributed by atoms with E-state index < -0.39 is 0 Å². The number of rotatable bonds is 2. The van der Waals surface area contributed by atoms with Crippen LogP contribution in [0.5, 0.6) is 0 Å². The Morgan fingerprint density at radius 1 is 0.897 bits per heavy atom. The van der Waals surface area contributed by atoms with E-state index in [1.54, 1.807) is 14.1 Å². The Bertz CT molecular complexity index is 1220. The summed E-state index contributed by atoms with van der Waals surface area (Å²) in [5.74, 6) is 0. The number of carbonyl (C=O) groups is 1. The van der Waals surface area contributed by atoms with Gasteiger partial charge in [0.2, 0.25) is 6.17 Å². The molecule has 1 atom stereocenters. The summed E-state index contributed by atoms with van der Waals surface area (Å²) in [6.45, 7) is 0. The Balaban J connectivity index is 1.64. The zero-order valence-corrected chi connectivity index (χ0v) is 16.3. The van der Waals surface area contributed by atoms with Gasteiger partial charge in [-0.1, -0.05) is 77.9 Å². The number of azo groups is 2. The molecule has 5 heteroatoms. The Labute approximate surface area is 168 Å². The van der Waals surface area contributed by atoms with E-state index in [9.17, 15) is 4.79 Å². The smallest absolute Gasteiger partial charge is 0.193 e. The number of nitrogens with zero attached hydrogens (tertiary/aromatic N) is 3. The molecule has 0 spiro atoms. The first-order chi connectivity index (χ1) is 14.1. The van der Waals surface area contributed by atoms with Crippen LogP contribution in [0, 0.1) is 0 Å². The van der Waals surface area contributed by atoms with Gasteiger partial charge in [-0.05, 0) is 44.3 Å². The lowest BCUT2D eigenvalue weighted by molar-refractivity contribution is -0.493. The molecule has 0 aliphatic carbocycles. The molecule has 0 bridgehead atoms. The van der Waals surface area contributed by atoms with Crippen LogP contribution in [0.15, 0.2) is 84.0 Å². The first-order valence-electron chi connectivity index (χ1n) is 9.61. The largest absolute Gasteiger partial charge is 0.531 e. The highest BCUT2D eigenvalue weighted by Gasteiger charge is 2.31. The van der Waals surface area contributed by atoms with E-state index in [1.165, 1.54) is 36.8 Å². The lowest BCUT2D eigenvalue weighted by Crippen LogP contribution is -2.48. The highest BCUT2D eigenvalue weighted by Crippen LogP contribution is 2.36. The fourth-order valence-electron chi connectivity index (χ4n) is 4.00. The van der Waals surface area contributed by atoms with Crippen LogP contribution in [-0.2, 0) is 0 Å². The van der Waals surface area contributed by atoms with Crippen molar-refractivity contribution in [2.24, 2.45) is 5.11 Å². The lowest BCUT2D eigenvalue weighted by atomic mass is 9.91. The molecule has 1 heterocycles. The van der Waals surface area contributed by atoms with Gasteiger partial charge in [0.05, 0.1) is 7.05 Å². The van der Waals surface area contributed by atoms with Crippen LogP contribution in [0.1, 0.15) is 11.7 Å². The Morgan fingerprint density at radius 2 is 1.48 bits per heavy atom. The molecule has 5 rings (SSSR count). The Kier molecular flexibility index (Phi) is 4.11. The molecule has 29 heavy (non-hydrogen) atoms. The summed E-state index contributed by atoms with van der Waals surface area (Å²) < 4.78 is 1.37. The zero-order chi connectivity index (χ0) is 20.0. The Morgan fingerprint density at radius 3 is 2.07 bits per heavy atom. The normalized spacial score (nSPS) is 17.0. The number of nitrogens with one attached hydrogen (secondary N) is 1. The highest BCUT2D eigenvalue weighted by molar-refractivity contribution is 6.12. The molecule has 1 aliphatic heterocycles. The molecule has 4 aromatic rings. The maximum Gasteiger partial charge on any atom is 0.531 e. The van der Waals surface area contributed by atoms with Crippen LogP contribution >= 0.6 is 0 Å². The average molecular weight is 381 g/mol. The predicted octanol–water partition coefficient (Wildman–Crippen LogP) is 5.32. The average Bonchev–Trinajstić information content (AvgIpc) is 2.75. The summed E-state index contributed by atoms with van der Waals surface area (Å²) in [5.41, 5.74) is 6.51. The standard InChI is InChI=1S/C24H21N4O/c1-27-24(29)28(2)26-23(25-27)17-13-11-16(12-14-17)22-20-9-5-3-7-18(20)15-19-8-4-6-10-21(19)22/h3-15,23,25H,1-2H3/q+1. The fourth-order valence-corrected chi connectivity index (χ4v) is 4.00. The number of fused-ring (bicyclic) bond motifs is 2. The topological polar surface area (TPSA) is 47.7 Å². The van der Waals surface area contributed by atoms with E-state index in [4.69, 9.17) is 0 Å². The van der Waals surface area contributed by atoms with Gasteiger partial charge < -0.3 is 0 Å². The van der Waals surface area contributed by atoms with Gasteiger partial charge >= 0.3 is 6.03 Å². The lowest BCUT2D eigenvalue weighted by Gasteiger charge is -2.21. The van der Waals surface area contributed by atoms with Gasteiger partial charge in [0.1, 0.15) is 7.05 Å². The van der Waals surface area contributed by atoms with Crippen LogP contribution in [0.2, 0.25) is 0 Å². The monoisotopic (exact) mass is 381 g/mol. The van der Waals surface area contributed by atoms with Gasteiger partial charge in [-0.2, -0.15) is 4.79 Å². The van der Waals surface area contributed by atoms with Crippen molar-refractivity contribution in [2.75, 3.05) is 14.1 Å². The number of hydrogen-bond acceptors (Lipinski definition) is 3. The molecule has 0 aromatic heterocycles. The SMILES string of the molecule is CN1NC(c2ccc(-c3c4ccccc4cc4ccccc34)cc2)N=[N+](C)C1=O. The molecule has 0 radical (unpaired) electrons. The summed E-state index contributed by atoms with van der Waals surface area (Å²) in [5, 5.41) is 10.8. The van der Waals surface area contributed by atoms with Gasteiger partial charge in [-0.15, -0.1) is 15.1 Å². The zero-order valence-electron chi connectivity index (χ0n) is 16.3. The molecule has 0 saturated carbocycles.